The van der Waals surface area contributed by atoms with Gasteiger partial charge in [-0.3, -0.25) is 4.79 Å². The first-order valence-electron chi connectivity index (χ1n) is 9.09. The molecule has 0 amide bonds. The van der Waals surface area contributed by atoms with Crippen LogP contribution in [0, 0.1) is 5.92 Å². The third-order valence-electron chi connectivity index (χ3n) is 5.78. The minimum atomic E-state index is -4.45. The van der Waals surface area contributed by atoms with Crippen LogP contribution in [-0.4, -0.2) is 11.9 Å². The lowest BCUT2D eigenvalue weighted by Crippen LogP contribution is -2.50. The van der Waals surface area contributed by atoms with Gasteiger partial charge in [-0.15, -0.1) is 0 Å². The maximum absolute atomic E-state index is 13.3. The van der Waals surface area contributed by atoms with E-state index in [1.807, 2.05) is 13.8 Å². The van der Waals surface area contributed by atoms with Gasteiger partial charge in [0, 0.05) is 23.3 Å². The van der Waals surface area contributed by atoms with E-state index in [9.17, 15) is 18.0 Å². The van der Waals surface area contributed by atoms with E-state index in [0.717, 1.165) is 17.3 Å². The number of fused-ring (bicyclic) bond motifs is 1. The Morgan fingerprint density at radius 2 is 2.07 bits per heavy atom. The third-order valence-corrected chi connectivity index (χ3v) is 5.78. The molecule has 2 aliphatic heterocycles. The molecule has 4 nitrogen and oxygen atoms in total. The second-order valence-electron chi connectivity index (χ2n) is 7.49. The van der Waals surface area contributed by atoms with E-state index in [-0.39, 0.29) is 11.7 Å². The standard InChI is InChI=1S/C20H20F3N3O/c1-3-19(12-5-4-6-13(9-12)20(21,22)23)14-10-24-26-18(14)25-15-7-11(2)8-16(27)17(15)19/h4-6,9-11,18,25H,3,7-8H2,1-2H3/t11-,18?,19+/m0/s1. The van der Waals surface area contributed by atoms with Gasteiger partial charge in [-0.2, -0.15) is 23.4 Å². The predicted octanol–water partition coefficient (Wildman–Crippen LogP) is 4.89. The zero-order valence-electron chi connectivity index (χ0n) is 15.1. The van der Waals surface area contributed by atoms with E-state index in [2.05, 4.69) is 15.5 Å². The number of allylic oxidation sites excluding steroid dienone is 2. The van der Waals surface area contributed by atoms with Gasteiger partial charge in [-0.25, -0.2) is 0 Å². The van der Waals surface area contributed by atoms with Crippen molar-refractivity contribution in [1.82, 2.24) is 5.32 Å². The van der Waals surface area contributed by atoms with E-state index in [1.54, 1.807) is 12.3 Å². The molecule has 1 N–H and O–H groups in total. The monoisotopic (exact) mass is 375 g/mol. The molecule has 142 valence electrons. The molecule has 0 spiro atoms. The lowest BCUT2D eigenvalue weighted by molar-refractivity contribution is -0.137. The van der Waals surface area contributed by atoms with Gasteiger partial charge in [0.15, 0.2) is 11.9 Å². The Labute approximate surface area is 155 Å². The minimum absolute atomic E-state index is 0.0123. The van der Waals surface area contributed by atoms with Crippen molar-refractivity contribution in [2.45, 2.75) is 50.9 Å². The molecule has 1 aliphatic carbocycles. The number of rotatable bonds is 2. The number of hydrogen-bond acceptors (Lipinski definition) is 4. The molecule has 0 bridgehead atoms. The molecule has 3 atom stereocenters. The molecule has 0 saturated heterocycles. The third kappa shape index (κ3) is 2.63. The molecule has 1 aromatic rings. The molecule has 0 radical (unpaired) electrons. The number of carbonyl (C=O) groups excluding carboxylic acids is 1. The molecule has 0 saturated carbocycles. The molecule has 2 heterocycles. The van der Waals surface area contributed by atoms with Gasteiger partial charge in [0.2, 0.25) is 0 Å². The van der Waals surface area contributed by atoms with Crippen molar-refractivity contribution in [1.29, 1.82) is 0 Å². The molecule has 0 fully saturated rings. The molecular formula is C20H20F3N3O. The number of halogens is 3. The average molecular weight is 375 g/mol. The summed E-state index contributed by atoms with van der Waals surface area (Å²) in [6.45, 7) is 3.90. The van der Waals surface area contributed by atoms with Crippen molar-refractivity contribution < 1.29 is 18.0 Å². The number of nitrogens with zero attached hydrogens (tertiary/aromatic N) is 2. The summed E-state index contributed by atoms with van der Waals surface area (Å²) in [5, 5.41) is 11.5. The summed E-state index contributed by atoms with van der Waals surface area (Å²) in [6.07, 6.45) is -1.75. The smallest absolute Gasteiger partial charge is 0.362 e. The van der Waals surface area contributed by atoms with E-state index < -0.39 is 23.3 Å². The van der Waals surface area contributed by atoms with Crippen LogP contribution in [0.2, 0.25) is 0 Å². The highest BCUT2D eigenvalue weighted by atomic mass is 19.4. The average Bonchev–Trinajstić information content (AvgIpc) is 3.07. The second kappa shape index (κ2) is 6.04. The van der Waals surface area contributed by atoms with Gasteiger partial charge in [-0.05, 0) is 30.4 Å². The maximum atomic E-state index is 13.3. The quantitative estimate of drug-likeness (QED) is 0.801. The number of Topliss-reactive ketones (excluding diaryl/α,β-unsaturated/α-hetero) is 1. The Kier molecular flexibility index (Phi) is 4.01. The molecule has 1 unspecified atom stereocenters. The fraction of sp³-hybridized carbons (Fsp3) is 0.450. The summed E-state index contributed by atoms with van der Waals surface area (Å²) < 4.78 is 40.0. The number of azo groups is 1. The lowest BCUT2D eigenvalue weighted by Gasteiger charge is -2.46. The molecular weight excluding hydrogens is 355 g/mol. The highest BCUT2D eigenvalue weighted by Crippen LogP contribution is 2.52. The Morgan fingerprint density at radius 3 is 2.78 bits per heavy atom. The number of carbonyl (C=O) groups is 1. The molecule has 27 heavy (non-hydrogen) atoms. The van der Waals surface area contributed by atoms with Gasteiger partial charge in [0.1, 0.15) is 0 Å². The topological polar surface area (TPSA) is 53.8 Å². The summed E-state index contributed by atoms with van der Waals surface area (Å²) in [5.41, 5.74) is 0.936. The number of ketones is 1. The summed E-state index contributed by atoms with van der Waals surface area (Å²) in [6, 6.07) is 5.31. The fourth-order valence-electron chi connectivity index (χ4n) is 4.65. The predicted molar refractivity (Wildman–Crippen MR) is 93.7 cm³/mol. The van der Waals surface area contributed by atoms with E-state index in [4.69, 9.17) is 0 Å². The van der Waals surface area contributed by atoms with Gasteiger partial charge in [0.05, 0.1) is 17.2 Å². The number of hydrogen-bond donors (Lipinski definition) is 1. The van der Waals surface area contributed by atoms with Crippen LogP contribution in [0.5, 0.6) is 0 Å². The summed E-state index contributed by atoms with van der Waals surface area (Å²) in [5.74, 6) is 0.172. The second-order valence-corrected chi connectivity index (χ2v) is 7.49. The summed E-state index contributed by atoms with van der Waals surface area (Å²) in [4.78, 5) is 13.0. The van der Waals surface area contributed by atoms with Crippen LogP contribution in [0.15, 0.2) is 57.5 Å². The van der Waals surface area contributed by atoms with Crippen LogP contribution < -0.4 is 5.32 Å². The Balaban J connectivity index is 1.98. The van der Waals surface area contributed by atoms with Crippen LogP contribution in [0.25, 0.3) is 0 Å². The normalized spacial score (nSPS) is 30.0. The molecule has 0 aromatic heterocycles. The first kappa shape index (κ1) is 17.9. The van der Waals surface area contributed by atoms with Crippen LogP contribution in [-0.2, 0) is 16.4 Å². The molecule has 3 aliphatic rings. The van der Waals surface area contributed by atoms with E-state index >= 15 is 0 Å². The van der Waals surface area contributed by atoms with Crippen LogP contribution >= 0.6 is 0 Å². The van der Waals surface area contributed by atoms with Crippen LogP contribution in [0.3, 0.4) is 0 Å². The van der Waals surface area contributed by atoms with Crippen molar-refractivity contribution in [2.24, 2.45) is 16.1 Å². The summed E-state index contributed by atoms with van der Waals surface area (Å²) in [7, 11) is 0. The van der Waals surface area contributed by atoms with Gasteiger partial charge < -0.3 is 5.32 Å². The number of alkyl halides is 3. The van der Waals surface area contributed by atoms with Crippen LogP contribution in [0.1, 0.15) is 44.2 Å². The van der Waals surface area contributed by atoms with Gasteiger partial charge in [-0.1, -0.05) is 32.0 Å². The van der Waals surface area contributed by atoms with Gasteiger partial charge >= 0.3 is 6.18 Å². The Morgan fingerprint density at radius 1 is 1.30 bits per heavy atom. The van der Waals surface area contributed by atoms with E-state index in [0.29, 0.717) is 30.4 Å². The van der Waals surface area contributed by atoms with Crippen LogP contribution in [0.4, 0.5) is 13.2 Å². The zero-order chi connectivity index (χ0) is 19.4. The lowest BCUT2D eigenvalue weighted by atomic mass is 9.60. The molecule has 4 rings (SSSR count). The molecule has 1 aromatic carbocycles. The minimum Gasteiger partial charge on any atom is -0.362 e. The van der Waals surface area contributed by atoms with Crippen molar-refractivity contribution in [3.05, 3.63) is 58.4 Å². The first-order valence-corrected chi connectivity index (χ1v) is 9.09. The number of benzene rings is 1. The largest absolute Gasteiger partial charge is 0.416 e. The van der Waals surface area contributed by atoms with Gasteiger partial charge in [0.25, 0.3) is 0 Å². The molecule has 7 heteroatoms. The van der Waals surface area contributed by atoms with E-state index in [1.165, 1.54) is 12.1 Å². The summed E-state index contributed by atoms with van der Waals surface area (Å²) >= 11 is 0. The zero-order valence-corrected chi connectivity index (χ0v) is 15.1. The highest BCUT2D eigenvalue weighted by Gasteiger charge is 2.52. The Hall–Kier alpha value is -2.44. The number of nitrogens with one attached hydrogen (secondary N) is 1. The van der Waals surface area contributed by atoms with Crippen molar-refractivity contribution >= 4 is 5.78 Å². The van der Waals surface area contributed by atoms with Crippen molar-refractivity contribution in [2.75, 3.05) is 0 Å². The first-order chi connectivity index (χ1) is 12.8. The highest BCUT2D eigenvalue weighted by molar-refractivity contribution is 6.01. The Bertz CT molecular complexity index is 900. The van der Waals surface area contributed by atoms with Crippen molar-refractivity contribution in [3.63, 3.8) is 0 Å². The van der Waals surface area contributed by atoms with Crippen molar-refractivity contribution in [3.8, 4) is 0 Å². The SMILES string of the molecule is CC[C@@]1(c2cccc(C(F)(F)F)c2)C2=CN=NC2NC2=C1C(=O)C[C@@H](C)C2. The fourth-order valence-corrected chi connectivity index (χ4v) is 4.65. The maximum Gasteiger partial charge on any atom is 0.416 e.